The van der Waals surface area contributed by atoms with Gasteiger partial charge in [-0.2, -0.15) is 5.10 Å². The van der Waals surface area contributed by atoms with E-state index in [0.717, 1.165) is 11.1 Å². The molecule has 0 aliphatic rings. The van der Waals surface area contributed by atoms with Crippen LogP contribution in [-0.2, 0) is 17.9 Å². The summed E-state index contributed by atoms with van der Waals surface area (Å²) in [6, 6.07) is 13.3. The SMILES string of the molecule is CCN(Cc1ccccc1)C(=O)Cn1nc(C)n2c(cc3occc32)c1=O. The van der Waals surface area contributed by atoms with E-state index in [1.54, 1.807) is 34.6 Å². The number of carbonyl (C=O) groups excluding carboxylic acids is 1. The molecule has 0 spiro atoms. The fourth-order valence-corrected chi connectivity index (χ4v) is 3.34. The number of rotatable bonds is 5. The van der Waals surface area contributed by atoms with E-state index in [9.17, 15) is 9.59 Å². The van der Waals surface area contributed by atoms with E-state index in [1.807, 2.05) is 37.3 Å². The van der Waals surface area contributed by atoms with Gasteiger partial charge in [-0.1, -0.05) is 30.3 Å². The predicted octanol–water partition coefficient (Wildman–Crippen LogP) is 2.60. The topological polar surface area (TPSA) is 72.8 Å². The Morgan fingerprint density at radius 2 is 1.96 bits per heavy atom. The standard InChI is InChI=1S/C20H20N4O3/c1-3-22(12-15-7-5-4-6-8-15)19(25)13-23-20(26)17-11-18-16(9-10-27-18)24(17)14(2)21-23/h4-11H,3,12-13H2,1-2H3. The molecular formula is C20H20N4O3. The Kier molecular flexibility index (Phi) is 4.27. The first-order valence-electron chi connectivity index (χ1n) is 8.86. The summed E-state index contributed by atoms with van der Waals surface area (Å²) < 4.78 is 8.37. The van der Waals surface area contributed by atoms with Gasteiger partial charge in [0.2, 0.25) is 5.91 Å². The molecule has 7 heteroatoms. The van der Waals surface area contributed by atoms with Gasteiger partial charge in [-0.15, -0.1) is 0 Å². The zero-order chi connectivity index (χ0) is 19.0. The highest BCUT2D eigenvalue weighted by molar-refractivity contribution is 5.82. The summed E-state index contributed by atoms with van der Waals surface area (Å²) in [5.41, 5.74) is 2.61. The first kappa shape index (κ1) is 17.1. The summed E-state index contributed by atoms with van der Waals surface area (Å²) in [6.45, 7) is 4.70. The number of furan rings is 1. The number of fused-ring (bicyclic) bond motifs is 3. The van der Waals surface area contributed by atoms with Crippen LogP contribution >= 0.6 is 0 Å². The van der Waals surface area contributed by atoms with Crippen LogP contribution in [0.4, 0.5) is 0 Å². The van der Waals surface area contributed by atoms with Crippen LogP contribution in [0, 0.1) is 6.92 Å². The molecule has 0 bridgehead atoms. The lowest BCUT2D eigenvalue weighted by Crippen LogP contribution is -2.37. The number of hydrogen-bond donors (Lipinski definition) is 0. The fraction of sp³-hybridized carbons (Fsp3) is 0.250. The number of hydrogen-bond acceptors (Lipinski definition) is 4. The molecule has 1 aromatic carbocycles. The lowest BCUT2D eigenvalue weighted by atomic mass is 10.2. The van der Waals surface area contributed by atoms with Crippen LogP contribution in [0.25, 0.3) is 16.6 Å². The minimum atomic E-state index is -0.309. The molecule has 3 heterocycles. The zero-order valence-electron chi connectivity index (χ0n) is 15.3. The van der Waals surface area contributed by atoms with Crippen molar-refractivity contribution in [3.63, 3.8) is 0 Å². The Morgan fingerprint density at radius 1 is 1.19 bits per heavy atom. The van der Waals surface area contributed by atoms with Crippen LogP contribution in [0.15, 0.2) is 57.9 Å². The van der Waals surface area contributed by atoms with Gasteiger partial charge < -0.3 is 9.32 Å². The fourth-order valence-electron chi connectivity index (χ4n) is 3.34. The average Bonchev–Trinajstić information content (AvgIpc) is 3.26. The van der Waals surface area contributed by atoms with Crippen molar-refractivity contribution in [3.8, 4) is 0 Å². The van der Waals surface area contributed by atoms with Crippen LogP contribution in [0.1, 0.15) is 18.3 Å². The first-order chi connectivity index (χ1) is 13.1. The second kappa shape index (κ2) is 6.75. The van der Waals surface area contributed by atoms with Crippen LogP contribution in [0.2, 0.25) is 0 Å². The molecule has 7 nitrogen and oxygen atoms in total. The summed E-state index contributed by atoms with van der Waals surface area (Å²) in [5.74, 6) is 0.481. The van der Waals surface area contributed by atoms with Crippen molar-refractivity contribution in [2.24, 2.45) is 0 Å². The first-order valence-corrected chi connectivity index (χ1v) is 8.86. The maximum atomic E-state index is 12.8. The van der Waals surface area contributed by atoms with E-state index in [4.69, 9.17) is 4.42 Å². The number of aryl methyl sites for hydroxylation is 1. The van der Waals surface area contributed by atoms with Crippen molar-refractivity contribution in [1.29, 1.82) is 0 Å². The Bertz CT molecular complexity index is 1170. The zero-order valence-corrected chi connectivity index (χ0v) is 15.3. The minimum Gasteiger partial charge on any atom is -0.463 e. The monoisotopic (exact) mass is 364 g/mol. The molecule has 138 valence electrons. The van der Waals surface area contributed by atoms with Gasteiger partial charge in [0.15, 0.2) is 5.58 Å². The molecule has 3 aromatic heterocycles. The van der Waals surface area contributed by atoms with Crippen LogP contribution in [-0.4, -0.2) is 31.5 Å². The molecule has 0 unspecified atom stereocenters. The van der Waals surface area contributed by atoms with Crippen LogP contribution < -0.4 is 5.56 Å². The molecule has 0 saturated carbocycles. The Morgan fingerprint density at radius 3 is 2.70 bits per heavy atom. The van der Waals surface area contributed by atoms with Crippen molar-refractivity contribution >= 4 is 22.5 Å². The van der Waals surface area contributed by atoms with E-state index < -0.39 is 0 Å². The van der Waals surface area contributed by atoms with Gasteiger partial charge in [0.1, 0.15) is 17.9 Å². The maximum absolute atomic E-state index is 12.8. The number of aromatic nitrogens is 3. The number of amides is 1. The molecular weight excluding hydrogens is 344 g/mol. The second-order valence-corrected chi connectivity index (χ2v) is 6.44. The average molecular weight is 364 g/mol. The van der Waals surface area contributed by atoms with Crippen molar-refractivity contribution in [3.05, 3.63) is 70.5 Å². The third kappa shape index (κ3) is 3.01. The third-order valence-electron chi connectivity index (χ3n) is 4.70. The summed E-state index contributed by atoms with van der Waals surface area (Å²) in [7, 11) is 0. The van der Waals surface area contributed by atoms with Crippen LogP contribution in [0.3, 0.4) is 0 Å². The molecule has 1 amide bonds. The smallest absolute Gasteiger partial charge is 0.291 e. The molecule has 0 aliphatic carbocycles. The molecule has 0 radical (unpaired) electrons. The van der Waals surface area contributed by atoms with Gasteiger partial charge in [-0.05, 0) is 19.4 Å². The van der Waals surface area contributed by atoms with Gasteiger partial charge in [0.05, 0.1) is 11.8 Å². The number of benzene rings is 1. The van der Waals surface area contributed by atoms with Gasteiger partial charge in [-0.3, -0.25) is 14.0 Å². The molecule has 4 rings (SSSR count). The summed E-state index contributed by atoms with van der Waals surface area (Å²) in [6.07, 6.45) is 1.58. The predicted molar refractivity (Wildman–Crippen MR) is 101 cm³/mol. The highest BCUT2D eigenvalue weighted by Gasteiger charge is 2.18. The van der Waals surface area contributed by atoms with Gasteiger partial charge >= 0.3 is 0 Å². The summed E-state index contributed by atoms with van der Waals surface area (Å²) in [4.78, 5) is 27.3. The minimum absolute atomic E-state index is 0.0939. The summed E-state index contributed by atoms with van der Waals surface area (Å²) >= 11 is 0. The molecule has 4 aromatic rings. The Labute approximate surface area is 155 Å². The van der Waals surface area contributed by atoms with Gasteiger partial charge in [0, 0.05) is 25.2 Å². The maximum Gasteiger partial charge on any atom is 0.291 e. The lowest BCUT2D eigenvalue weighted by molar-refractivity contribution is -0.132. The highest BCUT2D eigenvalue weighted by Crippen LogP contribution is 2.20. The number of likely N-dealkylation sites (N-methyl/N-ethyl adjacent to an activating group) is 1. The molecule has 0 aliphatic heterocycles. The Hall–Kier alpha value is -3.35. The van der Waals surface area contributed by atoms with E-state index in [1.165, 1.54) is 4.68 Å². The van der Waals surface area contributed by atoms with E-state index in [0.29, 0.717) is 30.0 Å². The second-order valence-electron chi connectivity index (χ2n) is 6.44. The van der Waals surface area contributed by atoms with Crippen molar-refractivity contribution in [1.82, 2.24) is 19.1 Å². The highest BCUT2D eigenvalue weighted by atomic mass is 16.3. The van der Waals surface area contributed by atoms with Gasteiger partial charge in [-0.25, -0.2) is 4.68 Å². The summed E-state index contributed by atoms with van der Waals surface area (Å²) in [5, 5.41) is 4.34. The molecule has 0 fully saturated rings. The molecule has 0 N–H and O–H groups in total. The largest absolute Gasteiger partial charge is 0.463 e. The Balaban J connectivity index is 1.65. The van der Waals surface area contributed by atoms with E-state index in [2.05, 4.69) is 5.10 Å². The van der Waals surface area contributed by atoms with Crippen molar-refractivity contribution < 1.29 is 9.21 Å². The third-order valence-corrected chi connectivity index (χ3v) is 4.70. The molecule has 27 heavy (non-hydrogen) atoms. The molecule has 0 atom stereocenters. The molecule has 0 saturated heterocycles. The van der Waals surface area contributed by atoms with E-state index >= 15 is 0 Å². The lowest BCUT2D eigenvalue weighted by Gasteiger charge is -2.21. The van der Waals surface area contributed by atoms with Crippen LogP contribution in [0.5, 0.6) is 0 Å². The van der Waals surface area contributed by atoms with Crippen molar-refractivity contribution in [2.45, 2.75) is 26.9 Å². The van der Waals surface area contributed by atoms with Crippen molar-refractivity contribution in [2.75, 3.05) is 6.54 Å². The quantitative estimate of drug-likeness (QED) is 0.546. The van der Waals surface area contributed by atoms with E-state index in [-0.39, 0.29) is 18.0 Å². The van der Waals surface area contributed by atoms with Gasteiger partial charge in [0.25, 0.3) is 5.56 Å². The normalized spacial score (nSPS) is 11.3. The number of carbonyl (C=O) groups is 1. The number of nitrogens with zero attached hydrogens (tertiary/aromatic N) is 4.